The summed E-state index contributed by atoms with van der Waals surface area (Å²) in [4.78, 5) is 13.1. The number of piperazine rings is 1. The van der Waals surface area contributed by atoms with Crippen LogP contribution in [0.15, 0.2) is 132 Å². The fourth-order valence-corrected chi connectivity index (χ4v) is 9.53. The van der Waals surface area contributed by atoms with Gasteiger partial charge in [0.2, 0.25) is 0 Å². The molecule has 44 heavy (non-hydrogen) atoms. The molecule has 1 saturated heterocycles. The lowest BCUT2D eigenvalue weighted by Gasteiger charge is -2.59. The van der Waals surface area contributed by atoms with Crippen LogP contribution in [0.2, 0.25) is 0 Å². The summed E-state index contributed by atoms with van der Waals surface area (Å²) in [6, 6.07) is 36.0. The van der Waals surface area contributed by atoms with Crippen LogP contribution < -0.4 is 25.2 Å². The Labute approximate surface area is 261 Å². The molecule has 4 aromatic carbocycles. The van der Waals surface area contributed by atoms with Crippen LogP contribution in [0.5, 0.6) is 11.5 Å². The number of nitrogens with one attached hydrogen (secondary N) is 2. The predicted molar refractivity (Wildman–Crippen MR) is 174 cm³/mol. The molecule has 2 N–H and O–H groups in total. The first kappa shape index (κ1) is 24.7. The van der Waals surface area contributed by atoms with Gasteiger partial charge in [-0.15, -0.1) is 0 Å². The molecule has 0 radical (unpaired) electrons. The Hall–Kier alpha value is -4.69. The third-order valence-corrected chi connectivity index (χ3v) is 11.3. The summed E-state index contributed by atoms with van der Waals surface area (Å²) in [6.07, 6.45) is 11.2. The molecule has 1 saturated carbocycles. The summed E-state index contributed by atoms with van der Waals surface area (Å²) in [6.45, 7) is 0. The average molecular weight is 597 g/mol. The maximum Gasteiger partial charge on any atom is 0.151 e. The lowest BCUT2D eigenvalue weighted by Crippen LogP contribution is -2.73. The maximum absolute atomic E-state index is 6.51. The molecule has 7 nitrogen and oxygen atoms in total. The fraction of sp³-hybridized carbons (Fsp3) is 0.222. The van der Waals surface area contributed by atoms with E-state index in [-0.39, 0.29) is 24.4 Å². The van der Waals surface area contributed by atoms with Crippen molar-refractivity contribution < 1.29 is 4.74 Å². The second-order valence-corrected chi connectivity index (χ2v) is 13.4. The van der Waals surface area contributed by atoms with Crippen molar-refractivity contribution in [1.29, 1.82) is 0 Å². The number of benzene rings is 4. The summed E-state index contributed by atoms with van der Waals surface area (Å²) in [7, 11) is 0. The number of nitrogens with zero attached hydrogens (tertiary/aromatic N) is 4. The highest BCUT2D eigenvalue weighted by Crippen LogP contribution is 2.55. The van der Waals surface area contributed by atoms with Gasteiger partial charge in [-0.2, -0.15) is 0 Å². The van der Waals surface area contributed by atoms with Crippen molar-refractivity contribution in [3.63, 3.8) is 0 Å². The minimum atomic E-state index is 0.164. The van der Waals surface area contributed by atoms with Gasteiger partial charge >= 0.3 is 0 Å². The molecular weight excluding hydrogens is 565 g/mol. The molecule has 5 aliphatic heterocycles. The highest BCUT2D eigenvalue weighted by atomic mass is 32.2. The zero-order valence-electron chi connectivity index (χ0n) is 24.0. The fourth-order valence-electron chi connectivity index (χ4n) is 8.45. The van der Waals surface area contributed by atoms with Crippen LogP contribution >= 0.6 is 11.8 Å². The number of fused-ring (bicyclic) bond motifs is 10. The maximum atomic E-state index is 6.51. The van der Waals surface area contributed by atoms with Gasteiger partial charge in [-0.1, -0.05) is 60.3 Å². The second-order valence-electron chi connectivity index (χ2n) is 12.3. The molecule has 4 aromatic rings. The molecule has 1 aliphatic carbocycles. The smallest absolute Gasteiger partial charge is 0.151 e. The standard InChI is InChI=1S/C36H32N6OS/c1-5-13-31-23(9-1)41(24-10-2-6-14-32(24)43-31)29-21-27-28(40-20-18-38-36(40)35-37-17-19-39(27)35)22-30(29)42-25-11-3-7-15-33(25)44-34-16-8-4-12-26(34)42/h1-20,27-30,35-38H,21-22H2. The van der Waals surface area contributed by atoms with Gasteiger partial charge in [-0.05, 0) is 61.4 Å². The molecule has 0 aromatic heterocycles. The van der Waals surface area contributed by atoms with Crippen LogP contribution in [0.3, 0.4) is 0 Å². The van der Waals surface area contributed by atoms with E-state index in [1.165, 1.54) is 21.2 Å². The summed E-state index contributed by atoms with van der Waals surface area (Å²) in [5.41, 5.74) is 4.86. The zero-order chi connectivity index (χ0) is 28.8. The highest BCUT2D eigenvalue weighted by Gasteiger charge is 2.55. The first-order chi connectivity index (χ1) is 21.8. The van der Waals surface area contributed by atoms with Crippen LogP contribution in [0.1, 0.15) is 12.8 Å². The normalized spacial score (nSPS) is 28.4. The van der Waals surface area contributed by atoms with Gasteiger partial charge in [-0.3, -0.25) is 0 Å². The van der Waals surface area contributed by atoms with E-state index < -0.39 is 0 Å². The average Bonchev–Trinajstić information content (AvgIpc) is 3.76. The highest BCUT2D eigenvalue weighted by molar-refractivity contribution is 7.99. The molecule has 5 heterocycles. The Morgan fingerprint density at radius 2 is 0.955 bits per heavy atom. The first-order valence-corrected chi connectivity index (χ1v) is 16.4. The van der Waals surface area contributed by atoms with E-state index in [9.17, 15) is 0 Å². The molecule has 6 unspecified atom stereocenters. The van der Waals surface area contributed by atoms with Crippen molar-refractivity contribution in [3.8, 4) is 11.5 Å². The summed E-state index contributed by atoms with van der Waals surface area (Å²) in [5, 5.41) is 7.29. The van der Waals surface area contributed by atoms with Gasteiger partial charge in [-0.25, -0.2) is 0 Å². The van der Waals surface area contributed by atoms with Crippen LogP contribution in [0.25, 0.3) is 0 Å². The Morgan fingerprint density at radius 1 is 0.523 bits per heavy atom. The summed E-state index contributed by atoms with van der Waals surface area (Å²) >= 11 is 1.88. The van der Waals surface area contributed by atoms with Gasteiger partial charge in [0, 0.05) is 34.6 Å². The van der Waals surface area contributed by atoms with Gasteiger partial charge in [0.05, 0.1) is 46.9 Å². The number of hydrogen-bond donors (Lipinski definition) is 2. The number of hydrogen-bond acceptors (Lipinski definition) is 8. The molecule has 218 valence electrons. The SMILES string of the molecule is C1=CN2C3CC(N4c5ccccc5Oc5ccccc54)C(N4c5ccccc5Sc5ccccc54)CC3N3C=CNC3C2N1. The van der Waals surface area contributed by atoms with E-state index in [1.807, 2.05) is 11.8 Å². The molecular formula is C36H32N6OS. The molecule has 6 atom stereocenters. The van der Waals surface area contributed by atoms with Crippen LogP contribution in [0, 0.1) is 0 Å². The first-order valence-electron chi connectivity index (χ1n) is 15.5. The summed E-state index contributed by atoms with van der Waals surface area (Å²) in [5.74, 6) is 1.83. The van der Waals surface area contributed by atoms with Crippen molar-refractivity contribution in [3.05, 3.63) is 122 Å². The number of rotatable bonds is 2. The minimum Gasteiger partial charge on any atom is -0.453 e. The minimum absolute atomic E-state index is 0.164. The third-order valence-electron chi connectivity index (χ3n) is 10.2. The van der Waals surface area contributed by atoms with E-state index in [0.29, 0.717) is 12.1 Å². The second kappa shape index (κ2) is 9.40. The monoisotopic (exact) mass is 596 g/mol. The Morgan fingerprint density at radius 3 is 1.48 bits per heavy atom. The predicted octanol–water partition coefficient (Wildman–Crippen LogP) is 6.92. The van der Waals surface area contributed by atoms with Crippen LogP contribution in [-0.4, -0.2) is 46.3 Å². The lowest BCUT2D eigenvalue weighted by molar-refractivity contribution is -0.0357. The number of para-hydroxylation sites is 6. The molecule has 8 heteroatoms. The van der Waals surface area contributed by atoms with E-state index in [4.69, 9.17) is 4.74 Å². The van der Waals surface area contributed by atoms with Gasteiger partial charge < -0.3 is 35.0 Å². The quantitative estimate of drug-likeness (QED) is 0.259. The topological polar surface area (TPSA) is 46.3 Å². The van der Waals surface area contributed by atoms with E-state index in [0.717, 1.165) is 35.7 Å². The van der Waals surface area contributed by atoms with Gasteiger partial charge in [0.25, 0.3) is 0 Å². The molecule has 6 aliphatic rings. The zero-order valence-corrected chi connectivity index (χ0v) is 24.8. The largest absolute Gasteiger partial charge is 0.453 e. The van der Waals surface area contributed by atoms with Crippen LogP contribution in [-0.2, 0) is 0 Å². The van der Waals surface area contributed by atoms with Gasteiger partial charge in [0.1, 0.15) is 12.3 Å². The summed E-state index contributed by atoms with van der Waals surface area (Å²) < 4.78 is 6.51. The number of ether oxygens (including phenoxy) is 1. The molecule has 0 spiro atoms. The third kappa shape index (κ3) is 3.46. The molecule has 0 amide bonds. The van der Waals surface area contributed by atoms with E-state index in [2.05, 4.69) is 152 Å². The van der Waals surface area contributed by atoms with Crippen molar-refractivity contribution in [1.82, 2.24) is 20.4 Å². The molecule has 2 fully saturated rings. The van der Waals surface area contributed by atoms with Crippen molar-refractivity contribution >= 4 is 34.5 Å². The van der Waals surface area contributed by atoms with Crippen molar-refractivity contribution in [2.75, 3.05) is 9.80 Å². The lowest BCUT2D eigenvalue weighted by atomic mass is 9.77. The van der Waals surface area contributed by atoms with Crippen molar-refractivity contribution in [2.24, 2.45) is 0 Å². The van der Waals surface area contributed by atoms with Gasteiger partial charge in [0.15, 0.2) is 11.5 Å². The number of anilines is 4. The van der Waals surface area contributed by atoms with E-state index >= 15 is 0 Å². The van der Waals surface area contributed by atoms with E-state index in [1.54, 1.807) is 0 Å². The Kier molecular flexibility index (Phi) is 5.28. The van der Waals surface area contributed by atoms with Crippen molar-refractivity contribution in [2.45, 2.75) is 59.1 Å². The van der Waals surface area contributed by atoms with Crippen LogP contribution in [0.4, 0.5) is 22.7 Å². The Balaban J connectivity index is 1.19. The Bertz CT molecular complexity index is 1620. The molecule has 0 bridgehead atoms. The molecule has 10 rings (SSSR count).